The Kier molecular flexibility index (Phi) is 6.12. The molecule has 0 radical (unpaired) electrons. The van der Waals surface area contributed by atoms with E-state index in [2.05, 4.69) is 51.7 Å². The third-order valence-corrected chi connectivity index (χ3v) is 3.59. The number of aromatic nitrogens is 1. The van der Waals surface area contributed by atoms with Crippen LogP contribution >= 0.6 is 11.6 Å². The lowest BCUT2D eigenvalue weighted by molar-refractivity contribution is 0.566. The van der Waals surface area contributed by atoms with Crippen LogP contribution in [-0.4, -0.2) is 18.1 Å². The van der Waals surface area contributed by atoms with Gasteiger partial charge in [-0.15, -0.1) is 11.6 Å². The standard InChI is InChI=1S/C16H27ClN2/c1-6-8-9-19(7-2)15-11-13(12-17)10-14(18-15)16(3,4)5/h10-11H,6-9,12H2,1-5H3. The largest absolute Gasteiger partial charge is 0.357 e. The molecule has 0 spiro atoms. The number of alkyl halides is 1. The monoisotopic (exact) mass is 282 g/mol. The van der Waals surface area contributed by atoms with Crippen LogP contribution in [0, 0.1) is 0 Å². The van der Waals surface area contributed by atoms with Crippen LogP contribution in [0.5, 0.6) is 0 Å². The highest BCUT2D eigenvalue weighted by atomic mass is 35.5. The first kappa shape index (κ1) is 16.3. The maximum atomic E-state index is 6.03. The van der Waals surface area contributed by atoms with Crippen LogP contribution in [-0.2, 0) is 11.3 Å². The van der Waals surface area contributed by atoms with Gasteiger partial charge in [-0.3, -0.25) is 0 Å². The summed E-state index contributed by atoms with van der Waals surface area (Å²) in [4.78, 5) is 7.19. The minimum Gasteiger partial charge on any atom is -0.357 e. The van der Waals surface area contributed by atoms with E-state index < -0.39 is 0 Å². The van der Waals surface area contributed by atoms with Gasteiger partial charge in [0, 0.05) is 30.1 Å². The van der Waals surface area contributed by atoms with Crippen molar-refractivity contribution in [2.45, 2.75) is 58.8 Å². The summed E-state index contributed by atoms with van der Waals surface area (Å²) in [6, 6.07) is 4.26. The van der Waals surface area contributed by atoms with Crippen molar-refractivity contribution < 1.29 is 0 Å². The molecule has 1 aromatic rings. The van der Waals surface area contributed by atoms with Gasteiger partial charge >= 0.3 is 0 Å². The lowest BCUT2D eigenvalue weighted by atomic mass is 9.91. The van der Waals surface area contributed by atoms with E-state index in [9.17, 15) is 0 Å². The summed E-state index contributed by atoms with van der Waals surface area (Å²) in [6.07, 6.45) is 2.41. The van der Waals surface area contributed by atoms with Gasteiger partial charge in [-0.05, 0) is 31.0 Å². The first-order valence-electron chi connectivity index (χ1n) is 7.24. The Hall–Kier alpha value is -0.760. The molecule has 0 saturated heterocycles. The lowest BCUT2D eigenvalue weighted by Crippen LogP contribution is -2.26. The van der Waals surface area contributed by atoms with Crippen molar-refractivity contribution in [1.82, 2.24) is 4.98 Å². The van der Waals surface area contributed by atoms with Crippen LogP contribution in [0.1, 0.15) is 58.7 Å². The third kappa shape index (κ3) is 4.68. The van der Waals surface area contributed by atoms with Crippen LogP contribution < -0.4 is 4.90 Å². The van der Waals surface area contributed by atoms with E-state index in [-0.39, 0.29) is 5.41 Å². The van der Waals surface area contributed by atoms with Gasteiger partial charge in [0.1, 0.15) is 5.82 Å². The zero-order valence-electron chi connectivity index (χ0n) is 13.0. The molecule has 1 aromatic heterocycles. The number of rotatable bonds is 6. The van der Waals surface area contributed by atoms with Crippen LogP contribution in [0.2, 0.25) is 0 Å². The van der Waals surface area contributed by atoms with E-state index in [1.165, 1.54) is 12.8 Å². The molecule has 1 rings (SSSR count). The van der Waals surface area contributed by atoms with Gasteiger partial charge in [-0.25, -0.2) is 4.98 Å². The summed E-state index contributed by atoms with van der Waals surface area (Å²) in [7, 11) is 0. The lowest BCUT2D eigenvalue weighted by Gasteiger charge is -2.26. The zero-order valence-corrected chi connectivity index (χ0v) is 13.7. The molecule has 0 fully saturated rings. The molecule has 0 amide bonds. The Bertz CT molecular complexity index is 396. The van der Waals surface area contributed by atoms with Crippen LogP contribution in [0.3, 0.4) is 0 Å². The molecule has 0 saturated carbocycles. The summed E-state index contributed by atoms with van der Waals surface area (Å²) in [5, 5.41) is 0. The molecule has 0 unspecified atom stereocenters. The van der Waals surface area contributed by atoms with E-state index >= 15 is 0 Å². The molecule has 0 aromatic carbocycles. The second-order valence-electron chi connectivity index (χ2n) is 6.04. The molecule has 2 nitrogen and oxygen atoms in total. The predicted octanol–water partition coefficient (Wildman–Crippen LogP) is 4.74. The first-order chi connectivity index (χ1) is 8.92. The maximum Gasteiger partial charge on any atom is 0.129 e. The average molecular weight is 283 g/mol. The van der Waals surface area contributed by atoms with Crippen LogP contribution in [0.4, 0.5) is 5.82 Å². The number of hydrogen-bond acceptors (Lipinski definition) is 2. The Morgan fingerprint density at radius 1 is 1.21 bits per heavy atom. The molecule has 19 heavy (non-hydrogen) atoms. The summed E-state index contributed by atoms with van der Waals surface area (Å²) in [5.74, 6) is 1.61. The highest BCUT2D eigenvalue weighted by Gasteiger charge is 2.18. The fraction of sp³-hybridized carbons (Fsp3) is 0.688. The van der Waals surface area contributed by atoms with E-state index in [1.807, 2.05) is 0 Å². The van der Waals surface area contributed by atoms with Crippen molar-refractivity contribution in [3.05, 3.63) is 23.4 Å². The topological polar surface area (TPSA) is 16.1 Å². The second kappa shape index (κ2) is 7.14. The fourth-order valence-electron chi connectivity index (χ4n) is 1.98. The van der Waals surface area contributed by atoms with Crippen molar-refractivity contribution in [2.75, 3.05) is 18.0 Å². The van der Waals surface area contributed by atoms with Crippen molar-refractivity contribution in [1.29, 1.82) is 0 Å². The Balaban J connectivity index is 3.11. The van der Waals surface area contributed by atoms with Crippen molar-refractivity contribution in [3.8, 4) is 0 Å². The zero-order chi connectivity index (χ0) is 14.5. The molecular formula is C16H27ClN2. The molecule has 0 aliphatic heterocycles. The maximum absolute atomic E-state index is 6.03. The smallest absolute Gasteiger partial charge is 0.129 e. The molecular weight excluding hydrogens is 256 g/mol. The van der Waals surface area contributed by atoms with Gasteiger partial charge in [0.25, 0.3) is 0 Å². The number of nitrogens with zero attached hydrogens (tertiary/aromatic N) is 2. The Labute approximate surface area is 123 Å². The summed E-state index contributed by atoms with van der Waals surface area (Å²) >= 11 is 6.03. The van der Waals surface area contributed by atoms with Crippen LogP contribution in [0.25, 0.3) is 0 Å². The third-order valence-electron chi connectivity index (χ3n) is 3.28. The van der Waals surface area contributed by atoms with E-state index in [0.29, 0.717) is 5.88 Å². The fourth-order valence-corrected chi connectivity index (χ4v) is 2.13. The molecule has 0 bridgehead atoms. The van der Waals surface area contributed by atoms with Crippen molar-refractivity contribution >= 4 is 17.4 Å². The Morgan fingerprint density at radius 2 is 1.89 bits per heavy atom. The minimum absolute atomic E-state index is 0.0565. The molecule has 1 heterocycles. The van der Waals surface area contributed by atoms with E-state index in [4.69, 9.17) is 16.6 Å². The van der Waals surface area contributed by atoms with Gasteiger partial charge < -0.3 is 4.90 Å². The average Bonchev–Trinajstić information content (AvgIpc) is 2.38. The molecule has 0 aliphatic rings. The molecule has 108 valence electrons. The van der Waals surface area contributed by atoms with Gasteiger partial charge in [0.2, 0.25) is 0 Å². The number of anilines is 1. The van der Waals surface area contributed by atoms with Gasteiger partial charge in [0.15, 0.2) is 0 Å². The van der Waals surface area contributed by atoms with Crippen LogP contribution in [0.15, 0.2) is 12.1 Å². The normalized spacial score (nSPS) is 11.7. The summed E-state index contributed by atoms with van der Waals surface area (Å²) in [5.41, 5.74) is 2.34. The molecule has 0 atom stereocenters. The molecule has 0 aliphatic carbocycles. The molecule has 0 N–H and O–H groups in total. The number of halogens is 1. The quantitative estimate of drug-likeness (QED) is 0.700. The van der Waals surface area contributed by atoms with Gasteiger partial charge in [0.05, 0.1) is 0 Å². The molecule has 3 heteroatoms. The second-order valence-corrected chi connectivity index (χ2v) is 6.30. The highest BCUT2D eigenvalue weighted by molar-refractivity contribution is 6.17. The Morgan fingerprint density at radius 3 is 2.37 bits per heavy atom. The summed E-state index contributed by atoms with van der Waals surface area (Å²) in [6.45, 7) is 13.0. The van der Waals surface area contributed by atoms with E-state index in [1.54, 1.807) is 0 Å². The van der Waals surface area contributed by atoms with Gasteiger partial charge in [-0.2, -0.15) is 0 Å². The number of hydrogen-bond donors (Lipinski definition) is 0. The minimum atomic E-state index is 0.0565. The number of pyridine rings is 1. The first-order valence-corrected chi connectivity index (χ1v) is 7.78. The SMILES string of the molecule is CCCCN(CC)c1cc(CCl)cc(C(C)(C)C)n1. The van der Waals surface area contributed by atoms with Crippen molar-refractivity contribution in [3.63, 3.8) is 0 Å². The summed E-state index contributed by atoms with van der Waals surface area (Å²) < 4.78 is 0. The predicted molar refractivity (Wildman–Crippen MR) is 85.3 cm³/mol. The number of unbranched alkanes of at least 4 members (excludes halogenated alkanes) is 1. The van der Waals surface area contributed by atoms with E-state index in [0.717, 1.165) is 30.2 Å². The van der Waals surface area contributed by atoms with Crippen molar-refractivity contribution in [2.24, 2.45) is 0 Å². The van der Waals surface area contributed by atoms with Gasteiger partial charge in [-0.1, -0.05) is 34.1 Å². The highest BCUT2D eigenvalue weighted by Crippen LogP contribution is 2.25.